The van der Waals surface area contributed by atoms with Crippen molar-refractivity contribution >= 4 is 24.3 Å². The van der Waals surface area contributed by atoms with E-state index in [1.165, 1.54) is 6.07 Å². The maximum Gasteiger partial charge on any atom is 0.488 e. The highest BCUT2D eigenvalue weighted by Crippen LogP contribution is 2.25. The van der Waals surface area contributed by atoms with Crippen LogP contribution in [0.5, 0.6) is 0 Å². The Morgan fingerprint density at radius 3 is 2.79 bits per heavy atom. The van der Waals surface area contributed by atoms with Crippen LogP contribution >= 0.6 is 11.8 Å². The van der Waals surface area contributed by atoms with Crippen LogP contribution in [-0.4, -0.2) is 45.7 Å². The molecule has 1 heterocycles. The Balaban J connectivity index is 2.14. The molecule has 0 saturated carbocycles. The van der Waals surface area contributed by atoms with E-state index in [0.29, 0.717) is 17.8 Å². The average molecular weight is 283 g/mol. The molecule has 2 N–H and O–H groups in total. The van der Waals surface area contributed by atoms with Gasteiger partial charge in [-0.2, -0.15) is 11.8 Å². The van der Waals surface area contributed by atoms with Crippen LogP contribution in [0.2, 0.25) is 0 Å². The molecular formula is C13H19BFNO2S. The highest BCUT2D eigenvalue weighted by molar-refractivity contribution is 8.00. The lowest BCUT2D eigenvalue weighted by atomic mass is 9.79. The van der Waals surface area contributed by atoms with Gasteiger partial charge in [0.2, 0.25) is 0 Å². The molecular weight excluding hydrogens is 264 g/mol. The first kappa shape index (κ1) is 14.8. The Morgan fingerprint density at radius 2 is 2.11 bits per heavy atom. The zero-order valence-electron chi connectivity index (χ0n) is 11.2. The predicted octanol–water partition coefficient (Wildman–Crippen LogP) is 0.831. The second-order valence-corrected chi connectivity index (χ2v) is 6.54. The van der Waals surface area contributed by atoms with E-state index in [9.17, 15) is 4.39 Å². The fourth-order valence-corrected chi connectivity index (χ4v) is 3.53. The smallest absolute Gasteiger partial charge is 0.423 e. The average Bonchev–Trinajstić information content (AvgIpc) is 2.34. The molecule has 0 aliphatic carbocycles. The summed E-state index contributed by atoms with van der Waals surface area (Å²) in [7, 11) is -1.62. The largest absolute Gasteiger partial charge is 0.488 e. The van der Waals surface area contributed by atoms with E-state index in [0.717, 1.165) is 23.9 Å². The third-order valence-electron chi connectivity index (χ3n) is 3.68. The van der Waals surface area contributed by atoms with Crippen molar-refractivity contribution in [2.24, 2.45) is 0 Å². The van der Waals surface area contributed by atoms with Gasteiger partial charge in [0.15, 0.2) is 0 Å². The number of hydrogen-bond donors (Lipinski definition) is 2. The first-order valence-corrected chi connectivity index (χ1v) is 7.53. The SMILES string of the molecule is CC1SCCN(Cc2cc(F)cc(B(O)O)c2)C1C. The Hall–Kier alpha value is -0.555. The molecule has 1 aliphatic rings. The third-order valence-corrected chi connectivity index (χ3v) is 5.02. The third kappa shape index (κ3) is 3.72. The Labute approximate surface area is 118 Å². The Bertz CT molecular complexity index is 447. The lowest BCUT2D eigenvalue weighted by Crippen LogP contribution is -2.44. The van der Waals surface area contributed by atoms with E-state index in [4.69, 9.17) is 10.0 Å². The van der Waals surface area contributed by atoms with Crippen molar-refractivity contribution in [3.05, 3.63) is 29.6 Å². The van der Waals surface area contributed by atoms with Crippen LogP contribution in [0.3, 0.4) is 0 Å². The fourth-order valence-electron chi connectivity index (χ4n) is 2.37. The summed E-state index contributed by atoms with van der Waals surface area (Å²) in [5.41, 5.74) is 0.996. The quantitative estimate of drug-likeness (QED) is 0.807. The molecule has 2 rings (SSSR count). The molecule has 1 aliphatic heterocycles. The maximum atomic E-state index is 13.5. The van der Waals surface area contributed by atoms with E-state index in [2.05, 4.69) is 18.7 Å². The highest BCUT2D eigenvalue weighted by atomic mass is 32.2. The molecule has 1 fully saturated rings. The van der Waals surface area contributed by atoms with Gasteiger partial charge in [-0.3, -0.25) is 4.90 Å². The first-order chi connectivity index (χ1) is 8.97. The molecule has 0 spiro atoms. The monoisotopic (exact) mass is 283 g/mol. The van der Waals surface area contributed by atoms with Gasteiger partial charge in [-0.15, -0.1) is 0 Å². The van der Waals surface area contributed by atoms with Crippen molar-refractivity contribution < 1.29 is 14.4 Å². The molecule has 3 nitrogen and oxygen atoms in total. The van der Waals surface area contributed by atoms with E-state index < -0.39 is 12.9 Å². The number of rotatable bonds is 3. The van der Waals surface area contributed by atoms with E-state index in [1.54, 1.807) is 6.07 Å². The van der Waals surface area contributed by atoms with Gasteiger partial charge >= 0.3 is 7.12 Å². The summed E-state index contributed by atoms with van der Waals surface area (Å²) in [6.45, 7) is 6.00. The van der Waals surface area contributed by atoms with Gasteiger partial charge in [-0.25, -0.2) is 4.39 Å². The predicted molar refractivity (Wildman–Crippen MR) is 78.0 cm³/mol. The standard InChI is InChI=1S/C13H19BFNO2S/c1-9-10(2)19-4-3-16(9)8-11-5-12(14(17)18)7-13(15)6-11/h5-7,9-10,17-18H,3-4,8H2,1-2H3. The van der Waals surface area contributed by atoms with E-state index in [-0.39, 0.29) is 5.46 Å². The van der Waals surface area contributed by atoms with Crippen molar-refractivity contribution in [3.8, 4) is 0 Å². The van der Waals surface area contributed by atoms with Crippen molar-refractivity contribution in [2.75, 3.05) is 12.3 Å². The van der Waals surface area contributed by atoms with Crippen molar-refractivity contribution in [1.29, 1.82) is 0 Å². The van der Waals surface area contributed by atoms with E-state index >= 15 is 0 Å². The fraction of sp³-hybridized carbons (Fsp3) is 0.538. The lowest BCUT2D eigenvalue weighted by Gasteiger charge is -2.37. The van der Waals surface area contributed by atoms with Crippen molar-refractivity contribution in [2.45, 2.75) is 31.7 Å². The second-order valence-electron chi connectivity index (χ2n) is 5.05. The Kier molecular flexibility index (Phi) is 4.89. The summed E-state index contributed by atoms with van der Waals surface area (Å²) >= 11 is 1.96. The van der Waals surface area contributed by atoms with Crippen LogP contribution in [0, 0.1) is 5.82 Å². The summed E-state index contributed by atoms with van der Waals surface area (Å²) in [4.78, 5) is 2.31. The van der Waals surface area contributed by atoms with Gasteiger partial charge < -0.3 is 10.0 Å². The molecule has 2 atom stereocenters. The number of thioether (sulfide) groups is 1. The summed E-state index contributed by atoms with van der Waals surface area (Å²) in [6, 6.07) is 4.72. The van der Waals surface area contributed by atoms with Gasteiger partial charge in [0.1, 0.15) is 5.82 Å². The van der Waals surface area contributed by atoms with Crippen molar-refractivity contribution in [3.63, 3.8) is 0 Å². The van der Waals surface area contributed by atoms with Gasteiger partial charge in [0.25, 0.3) is 0 Å². The van der Waals surface area contributed by atoms with Gasteiger partial charge in [0, 0.05) is 30.1 Å². The molecule has 1 aromatic carbocycles. The molecule has 104 valence electrons. The first-order valence-electron chi connectivity index (χ1n) is 6.48. The Morgan fingerprint density at radius 1 is 1.37 bits per heavy atom. The minimum absolute atomic E-state index is 0.210. The minimum Gasteiger partial charge on any atom is -0.423 e. The normalized spacial score (nSPS) is 24.5. The molecule has 19 heavy (non-hydrogen) atoms. The van der Waals surface area contributed by atoms with Gasteiger partial charge in [-0.1, -0.05) is 13.0 Å². The summed E-state index contributed by atoms with van der Waals surface area (Å²) in [5, 5.41) is 18.8. The number of nitrogens with zero attached hydrogens (tertiary/aromatic N) is 1. The summed E-state index contributed by atoms with van der Waals surface area (Å²) in [6.07, 6.45) is 0. The summed E-state index contributed by atoms with van der Waals surface area (Å²) < 4.78 is 13.5. The number of halogens is 1. The van der Waals surface area contributed by atoms with Crippen molar-refractivity contribution in [1.82, 2.24) is 4.90 Å². The second kappa shape index (κ2) is 6.26. The molecule has 1 aromatic rings. The molecule has 0 bridgehead atoms. The molecule has 6 heteroatoms. The molecule has 0 radical (unpaired) electrons. The lowest BCUT2D eigenvalue weighted by molar-refractivity contribution is 0.204. The molecule has 0 amide bonds. The molecule has 0 aromatic heterocycles. The minimum atomic E-state index is -1.62. The van der Waals surface area contributed by atoms with Crippen LogP contribution < -0.4 is 5.46 Å². The summed E-state index contributed by atoms with van der Waals surface area (Å²) in [5.74, 6) is 0.656. The number of benzene rings is 1. The van der Waals surface area contributed by atoms with Crippen LogP contribution in [0.4, 0.5) is 4.39 Å². The zero-order valence-corrected chi connectivity index (χ0v) is 12.0. The van der Waals surface area contributed by atoms with E-state index in [1.807, 2.05) is 11.8 Å². The topological polar surface area (TPSA) is 43.7 Å². The van der Waals surface area contributed by atoms with Crippen LogP contribution in [0.25, 0.3) is 0 Å². The maximum absolute atomic E-state index is 13.5. The van der Waals surface area contributed by atoms with Gasteiger partial charge in [-0.05, 0) is 30.1 Å². The molecule has 2 unspecified atom stereocenters. The molecule has 1 saturated heterocycles. The van der Waals surface area contributed by atoms with Crippen LogP contribution in [-0.2, 0) is 6.54 Å². The van der Waals surface area contributed by atoms with Gasteiger partial charge in [0.05, 0.1) is 0 Å². The van der Waals surface area contributed by atoms with Crippen LogP contribution in [0.1, 0.15) is 19.4 Å². The highest BCUT2D eigenvalue weighted by Gasteiger charge is 2.25. The number of hydrogen-bond acceptors (Lipinski definition) is 4. The van der Waals surface area contributed by atoms with Crippen LogP contribution in [0.15, 0.2) is 18.2 Å². The zero-order chi connectivity index (χ0) is 14.0.